The maximum absolute atomic E-state index is 12.5. The lowest BCUT2D eigenvalue weighted by atomic mass is 10.0. The quantitative estimate of drug-likeness (QED) is 0.0451. The van der Waals surface area contributed by atoms with E-state index in [4.69, 9.17) is 9.84 Å². The molecule has 0 aromatic heterocycles. The summed E-state index contributed by atoms with van der Waals surface area (Å²) in [5, 5.41) is 8.83. The van der Waals surface area contributed by atoms with Crippen molar-refractivity contribution in [3.05, 3.63) is 24.3 Å². The largest absolute Gasteiger partial charge is 0.481 e. The molecule has 0 saturated heterocycles. The minimum Gasteiger partial charge on any atom is -0.481 e. The van der Waals surface area contributed by atoms with Gasteiger partial charge in [-0.1, -0.05) is 147 Å². The molecule has 0 radical (unpaired) electrons. The van der Waals surface area contributed by atoms with Crippen LogP contribution in [-0.2, 0) is 14.3 Å². The molecule has 0 bridgehead atoms. The van der Waals surface area contributed by atoms with Gasteiger partial charge in [0.15, 0.2) is 0 Å². The Kier molecular flexibility index (Phi) is 33.6. The van der Waals surface area contributed by atoms with Crippen LogP contribution in [0.15, 0.2) is 24.3 Å². The number of carboxylic acid groups (broad SMARTS) is 1. The molecule has 4 nitrogen and oxygen atoms in total. The first-order valence-electron chi connectivity index (χ1n) is 18.8. The zero-order chi connectivity index (χ0) is 31.5. The van der Waals surface area contributed by atoms with E-state index in [1.54, 1.807) is 0 Å². The van der Waals surface area contributed by atoms with Crippen LogP contribution >= 0.6 is 0 Å². The normalized spacial score (nSPS) is 12.4. The van der Waals surface area contributed by atoms with Gasteiger partial charge in [0.05, 0.1) is 0 Å². The van der Waals surface area contributed by atoms with Crippen molar-refractivity contribution in [1.82, 2.24) is 0 Å². The van der Waals surface area contributed by atoms with Gasteiger partial charge in [-0.25, -0.2) is 0 Å². The Morgan fingerprint density at radius 1 is 0.512 bits per heavy atom. The molecule has 0 heterocycles. The molecular formula is C39H72O4. The van der Waals surface area contributed by atoms with E-state index in [-0.39, 0.29) is 18.5 Å². The Morgan fingerprint density at radius 3 is 1.44 bits per heavy atom. The predicted molar refractivity (Wildman–Crippen MR) is 186 cm³/mol. The molecule has 252 valence electrons. The van der Waals surface area contributed by atoms with Crippen LogP contribution in [0.1, 0.15) is 206 Å². The Balaban J connectivity index is 3.72. The SMILES string of the molecule is CCCCC/C=C\C/C=C\CCCCCCCCCCCCCC(=O)OC(CCCCCCCC)CCCCCC(=O)O. The monoisotopic (exact) mass is 605 g/mol. The highest BCUT2D eigenvalue weighted by Gasteiger charge is 2.14. The standard InChI is InChI=1S/C39H72O4/c1-3-5-7-9-11-12-13-14-15-16-17-18-19-20-21-22-23-24-25-27-32-36-39(42)43-37(33-29-26-10-8-6-4-2)34-30-28-31-35-38(40)41/h11-12,14-15,37H,3-10,13,16-36H2,1-2H3,(H,40,41)/b12-11-,15-14-. The highest BCUT2D eigenvalue weighted by Crippen LogP contribution is 2.18. The molecule has 1 N–H and O–H groups in total. The molecule has 0 fully saturated rings. The summed E-state index contributed by atoms with van der Waals surface area (Å²) in [7, 11) is 0. The highest BCUT2D eigenvalue weighted by atomic mass is 16.5. The fraction of sp³-hybridized carbons (Fsp3) is 0.846. The van der Waals surface area contributed by atoms with Crippen molar-refractivity contribution < 1.29 is 19.4 Å². The number of unbranched alkanes of at least 4 members (excludes halogenated alkanes) is 21. The van der Waals surface area contributed by atoms with Crippen LogP contribution in [0, 0.1) is 0 Å². The summed E-state index contributed by atoms with van der Waals surface area (Å²) in [6.07, 6.45) is 43.5. The molecule has 0 rings (SSSR count). The van der Waals surface area contributed by atoms with E-state index in [0.29, 0.717) is 12.8 Å². The number of carboxylic acids is 1. The van der Waals surface area contributed by atoms with Crippen LogP contribution in [0.4, 0.5) is 0 Å². The number of allylic oxidation sites excluding steroid dienone is 4. The van der Waals surface area contributed by atoms with Gasteiger partial charge in [0.25, 0.3) is 0 Å². The number of hydrogen-bond acceptors (Lipinski definition) is 3. The highest BCUT2D eigenvalue weighted by molar-refractivity contribution is 5.69. The molecule has 0 aromatic rings. The first-order valence-corrected chi connectivity index (χ1v) is 18.8. The van der Waals surface area contributed by atoms with Gasteiger partial charge < -0.3 is 9.84 Å². The summed E-state index contributed by atoms with van der Waals surface area (Å²) in [5.41, 5.74) is 0. The molecule has 43 heavy (non-hydrogen) atoms. The fourth-order valence-corrected chi connectivity index (χ4v) is 5.63. The lowest BCUT2D eigenvalue weighted by Crippen LogP contribution is -2.18. The van der Waals surface area contributed by atoms with Gasteiger partial charge in [-0.15, -0.1) is 0 Å². The third-order valence-corrected chi connectivity index (χ3v) is 8.43. The van der Waals surface area contributed by atoms with Gasteiger partial charge in [0.2, 0.25) is 0 Å². The molecule has 0 spiro atoms. The smallest absolute Gasteiger partial charge is 0.306 e. The van der Waals surface area contributed by atoms with Gasteiger partial charge in [0, 0.05) is 12.8 Å². The van der Waals surface area contributed by atoms with E-state index in [2.05, 4.69) is 38.2 Å². The maximum atomic E-state index is 12.5. The van der Waals surface area contributed by atoms with Crippen molar-refractivity contribution in [2.75, 3.05) is 0 Å². The zero-order valence-corrected chi connectivity index (χ0v) is 28.8. The van der Waals surface area contributed by atoms with Crippen molar-refractivity contribution >= 4 is 11.9 Å². The third-order valence-electron chi connectivity index (χ3n) is 8.43. The van der Waals surface area contributed by atoms with E-state index >= 15 is 0 Å². The molecule has 0 amide bonds. The van der Waals surface area contributed by atoms with Gasteiger partial charge >= 0.3 is 11.9 Å². The summed E-state index contributed by atoms with van der Waals surface area (Å²) >= 11 is 0. The van der Waals surface area contributed by atoms with Crippen LogP contribution < -0.4 is 0 Å². The zero-order valence-electron chi connectivity index (χ0n) is 28.8. The molecule has 0 aromatic carbocycles. The van der Waals surface area contributed by atoms with Crippen LogP contribution in [0.2, 0.25) is 0 Å². The first kappa shape index (κ1) is 41.4. The van der Waals surface area contributed by atoms with E-state index in [1.165, 1.54) is 122 Å². The maximum Gasteiger partial charge on any atom is 0.306 e. The van der Waals surface area contributed by atoms with E-state index in [9.17, 15) is 9.59 Å². The second-order valence-corrected chi connectivity index (χ2v) is 12.8. The number of hydrogen-bond donors (Lipinski definition) is 1. The van der Waals surface area contributed by atoms with Crippen molar-refractivity contribution in [2.45, 2.75) is 213 Å². The minimum atomic E-state index is -0.725. The lowest BCUT2D eigenvalue weighted by molar-refractivity contribution is -0.150. The third kappa shape index (κ3) is 34.8. The molecule has 1 atom stereocenters. The van der Waals surface area contributed by atoms with Crippen LogP contribution in [0.5, 0.6) is 0 Å². The molecule has 0 saturated carbocycles. The van der Waals surface area contributed by atoms with Crippen molar-refractivity contribution in [3.63, 3.8) is 0 Å². The van der Waals surface area contributed by atoms with Crippen molar-refractivity contribution in [2.24, 2.45) is 0 Å². The first-order chi connectivity index (χ1) is 21.1. The second-order valence-electron chi connectivity index (χ2n) is 12.8. The Labute approximate surface area is 267 Å². The van der Waals surface area contributed by atoms with Gasteiger partial charge in [-0.2, -0.15) is 0 Å². The predicted octanol–water partition coefficient (Wildman–Crippen LogP) is 12.8. The number of ether oxygens (including phenoxy) is 1. The number of carbonyl (C=O) groups excluding carboxylic acids is 1. The molecule has 0 aliphatic heterocycles. The van der Waals surface area contributed by atoms with Gasteiger partial charge in [-0.3, -0.25) is 9.59 Å². The lowest BCUT2D eigenvalue weighted by Gasteiger charge is -2.18. The summed E-state index contributed by atoms with van der Waals surface area (Å²) in [6, 6.07) is 0. The van der Waals surface area contributed by atoms with Gasteiger partial charge in [-0.05, 0) is 70.6 Å². The van der Waals surface area contributed by atoms with Gasteiger partial charge in [0.1, 0.15) is 6.10 Å². The Morgan fingerprint density at radius 2 is 0.907 bits per heavy atom. The number of rotatable bonds is 34. The number of esters is 1. The molecule has 4 heteroatoms. The number of aliphatic carboxylic acids is 1. The molecular weight excluding hydrogens is 532 g/mol. The summed E-state index contributed by atoms with van der Waals surface area (Å²) < 4.78 is 5.89. The van der Waals surface area contributed by atoms with Crippen LogP contribution in [0.25, 0.3) is 0 Å². The van der Waals surface area contributed by atoms with E-state index in [1.807, 2.05) is 0 Å². The Bertz CT molecular complexity index is 654. The van der Waals surface area contributed by atoms with Crippen molar-refractivity contribution in [1.29, 1.82) is 0 Å². The summed E-state index contributed by atoms with van der Waals surface area (Å²) in [4.78, 5) is 23.2. The van der Waals surface area contributed by atoms with Crippen LogP contribution in [0.3, 0.4) is 0 Å². The summed E-state index contributed by atoms with van der Waals surface area (Å²) in [5.74, 6) is -0.761. The molecule has 0 aliphatic rings. The fourth-order valence-electron chi connectivity index (χ4n) is 5.63. The Hall–Kier alpha value is -1.58. The van der Waals surface area contributed by atoms with E-state index in [0.717, 1.165) is 51.4 Å². The van der Waals surface area contributed by atoms with E-state index < -0.39 is 5.97 Å². The van der Waals surface area contributed by atoms with Crippen molar-refractivity contribution in [3.8, 4) is 0 Å². The number of carbonyl (C=O) groups is 2. The average Bonchev–Trinajstić information content (AvgIpc) is 2.99. The summed E-state index contributed by atoms with van der Waals surface area (Å²) in [6.45, 7) is 4.49. The minimum absolute atomic E-state index is 0.00676. The topological polar surface area (TPSA) is 63.6 Å². The molecule has 0 aliphatic carbocycles. The average molecular weight is 605 g/mol. The second kappa shape index (κ2) is 34.9. The molecule has 1 unspecified atom stereocenters. The van der Waals surface area contributed by atoms with Crippen LogP contribution in [-0.4, -0.2) is 23.1 Å².